The Hall–Kier alpha value is -2.78. The van der Waals surface area contributed by atoms with Crippen molar-refractivity contribution in [3.05, 3.63) is 42.0 Å². The van der Waals surface area contributed by atoms with Gasteiger partial charge in [0.1, 0.15) is 22.1 Å². The summed E-state index contributed by atoms with van der Waals surface area (Å²) < 4.78 is 44.9. The second-order valence-corrected chi connectivity index (χ2v) is 8.79. The number of rotatable bonds is 7. The number of carbonyl (C=O) groups excluding carboxylic acids is 1. The van der Waals surface area contributed by atoms with Gasteiger partial charge in [-0.3, -0.25) is 4.79 Å². The lowest BCUT2D eigenvalue weighted by atomic mass is 10.0. The van der Waals surface area contributed by atoms with E-state index in [-0.39, 0.29) is 16.6 Å². The molecule has 0 radical (unpaired) electrons. The molecule has 0 aromatic heterocycles. The molecule has 2 aromatic carbocycles. The Kier molecular flexibility index (Phi) is 6.52. The van der Waals surface area contributed by atoms with E-state index < -0.39 is 16.1 Å². The van der Waals surface area contributed by atoms with E-state index in [1.165, 1.54) is 30.5 Å². The number of methoxy groups -OCH3 is 3. The Morgan fingerprint density at radius 2 is 1.73 bits per heavy atom. The number of benzene rings is 2. The second-order valence-electron chi connectivity index (χ2n) is 6.93. The molecule has 1 aliphatic rings. The Morgan fingerprint density at radius 3 is 2.37 bits per heavy atom. The minimum Gasteiger partial charge on any atom is -0.497 e. The Bertz CT molecular complexity index is 1040. The number of hydrogen-bond donors (Lipinski definition) is 1. The smallest absolute Gasteiger partial charge is 0.247 e. The largest absolute Gasteiger partial charge is 0.497 e. The molecule has 1 amide bonds. The van der Waals surface area contributed by atoms with Gasteiger partial charge in [0.05, 0.1) is 27.4 Å². The van der Waals surface area contributed by atoms with Gasteiger partial charge in [-0.1, -0.05) is 0 Å². The number of hydrogen-bond acceptors (Lipinski definition) is 6. The molecule has 1 fully saturated rings. The molecule has 1 atom stereocenters. The summed E-state index contributed by atoms with van der Waals surface area (Å²) in [6.45, 7) is 1.73. The van der Waals surface area contributed by atoms with Crippen molar-refractivity contribution >= 4 is 21.6 Å². The fourth-order valence-electron chi connectivity index (χ4n) is 3.72. The second kappa shape index (κ2) is 8.93. The van der Waals surface area contributed by atoms with Crippen LogP contribution in [0.5, 0.6) is 17.2 Å². The highest BCUT2D eigenvalue weighted by molar-refractivity contribution is 7.89. The quantitative estimate of drug-likeness (QED) is 0.719. The molecular formula is C21H26N2O6S. The van der Waals surface area contributed by atoms with Crippen LogP contribution < -0.4 is 19.5 Å². The molecule has 1 aliphatic heterocycles. The summed E-state index contributed by atoms with van der Waals surface area (Å²) in [5.74, 6) is 1.15. The van der Waals surface area contributed by atoms with Gasteiger partial charge in [0.2, 0.25) is 15.9 Å². The zero-order valence-electron chi connectivity index (χ0n) is 17.5. The first-order valence-electron chi connectivity index (χ1n) is 9.51. The molecule has 1 saturated heterocycles. The molecule has 0 bridgehead atoms. The number of nitrogens with one attached hydrogen (secondary N) is 1. The van der Waals surface area contributed by atoms with E-state index in [2.05, 4.69) is 5.32 Å². The lowest BCUT2D eigenvalue weighted by Crippen LogP contribution is -2.31. The minimum atomic E-state index is -3.92. The predicted octanol–water partition coefficient (Wildman–Crippen LogP) is 3.20. The maximum absolute atomic E-state index is 13.7. The van der Waals surface area contributed by atoms with E-state index >= 15 is 0 Å². The Balaban J connectivity index is 2.07. The van der Waals surface area contributed by atoms with Crippen LogP contribution in [0.4, 0.5) is 5.69 Å². The summed E-state index contributed by atoms with van der Waals surface area (Å²) in [5.41, 5.74) is 1.13. The van der Waals surface area contributed by atoms with Gasteiger partial charge < -0.3 is 19.5 Å². The van der Waals surface area contributed by atoms with Crippen LogP contribution in [0, 0.1) is 0 Å². The number of sulfonamides is 1. The maximum Gasteiger partial charge on any atom is 0.247 e. The molecule has 1 unspecified atom stereocenters. The molecule has 162 valence electrons. The molecule has 0 saturated carbocycles. The van der Waals surface area contributed by atoms with Gasteiger partial charge in [0.25, 0.3) is 0 Å². The average Bonchev–Trinajstić information content (AvgIpc) is 3.23. The minimum absolute atomic E-state index is 0.00464. The fourth-order valence-corrected chi connectivity index (χ4v) is 5.58. The number of nitrogens with zero attached hydrogens (tertiary/aromatic N) is 1. The third-order valence-electron chi connectivity index (χ3n) is 5.07. The summed E-state index contributed by atoms with van der Waals surface area (Å²) >= 11 is 0. The van der Waals surface area contributed by atoms with Crippen molar-refractivity contribution in [2.24, 2.45) is 0 Å². The van der Waals surface area contributed by atoms with Crippen molar-refractivity contribution in [2.75, 3.05) is 33.2 Å². The standard InChI is InChI=1S/C21H26N2O6S/c1-14(24)22-15-7-9-20(29-4)21(12-15)30(25,26)23-11-5-6-18(23)17-13-16(27-2)8-10-19(17)28-3/h7-10,12-13,18H,5-6,11H2,1-4H3,(H,22,24). The Morgan fingerprint density at radius 1 is 1.03 bits per heavy atom. The highest BCUT2D eigenvalue weighted by Gasteiger charge is 2.39. The van der Waals surface area contributed by atoms with E-state index in [1.807, 2.05) is 6.07 Å². The number of amides is 1. The topological polar surface area (TPSA) is 94.2 Å². The summed E-state index contributed by atoms with van der Waals surface area (Å²) in [5, 5.41) is 2.62. The van der Waals surface area contributed by atoms with Gasteiger partial charge in [-0.05, 0) is 49.2 Å². The van der Waals surface area contributed by atoms with Gasteiger partial charge in [-0.15, -0.1) is 0 Å². The summed E-state index contributed by atoms with van der Waals surface area (Å²) in [6.07, 6.45) is 1.36. The van der Waals surface area contributed by atoms with Gasteiger partial charge in [0, 0.05) is 24.7 Å². The van der Waals surface area contributed by atoms with Crippen molar-refractivity contribution in [2.45, 2.75) is 30.7 Å². The lowest BCUT2D eigenvalue weighted by Gasteiger charge is -2.27. The van der Waals surface area contributed by atoms with Crippen LogP contribution in [0.3, 0.4) is 0 Å². The number of carbonyl (C=O) groups is 1. The molecule has 30 heavy (non-hydrogen) atoms. The molecule has 2 aromatic rings. The first-order chi connectivity index (χ1) is 14.3. The molecule has 0 aliphatic carbocycles. The van der Waals surface area contributed by atoms with Crippen LogP contribution in [-0.4, -0.2) is 46.5 Å². The van der Waals surface area contributed by atoms with Gasteiger partial charge in [-0.2, -0.15) is 4.31 Å². The molecule has 3 rings (SSSR count). The van der Waals surface area contributed by atoms with Crippen molar-refractivity contribution in [3.8, 4) is 17.2 Å². The van der Waals surface area contributed by atoms with Gasteiger partial charge >= 0.3 is 0 Å². The van der Waals surface area contributed by atoms with Gasteiger partial charge in [0.15, 0.2) is 0 Å². The van der Waals surface area contributed by atoms with Gasteiger partial charge in [-0.25, -0.2) is 8.42 Å². The normalized spacial score (nSPS) is 16.9. The SMILES string of the molecule is COc1ccc(OC)c(C2CCCN2S(=O)(=O)c2cc(NC(C)=O)ccc2OC)c1. The van der Waals surface area contributed by atoms with Crippen molar-refractivity contribution in [1.82, 2.24) is 4.31 Å². The van der Waals surface area contributed by atoms with Crippen LogP contribution in [0.1, 0.15) is 31.4 Å². The highest BCUT2D eigenvalue weighted by atomic mass is 32.2. The molecule has 1 N–H and O–H groups in total. The van der Waals surface area contributed by atoms with Crippen LogP contribution in [0.15, 0.2) is 41.3 Å². The zero-order chi connectivity index (χ0) is 21.9. The van der Waals surface area contributed by atoms with Crippen molar-refractivity contribution < 1.29 is 27.4 Å². The lowest BCUT2D eigenvalue weighted by molar-refractivity contribution is -0.114. The van der Waals surface area contributed by atoms with Crippen LogP contribution in [0.2, 0.25) is 0 Å². The van der Waals surface area contributed by atoms with Crippen molar-refractivity contribution in [1.29, 1.82) is 0 Å². The molecule has 8 nitrogen and oxygen atoms in total. The molecular weight excluding hydrogens is 408 g/mol. The van der Waals surface area contributed by atoms with E-state index in [0.29, 0.717) is 36.6 Å². The average molecular weight is 435 g/mol. The predicted molar refractivity (Wildman–Crippen MR) is 113 cm³/mol. The summed E-state index contributed by atoms with van der Waals surface area (Å²) in [4.78, 5) is 11.4. The maximum atomic E-state index is 13.7. The Labute approximate surface area is 176 Å². The highest BCUT2D eigenvalue weighted by Crippen LogP contribution is 2.43. The van der Waals surface area contributed by atoms with Crippen LogP contribution in [-0.2, 0) is 14.8 Å². The van der Waals surface area contributed by atoms with Crippen LogP contribution in [0.25, 0.3) is 0 Å². The third-order valence-corrected chi connectivity index (χ3v) is 7.00. The third kappa shape index (κ3) is 4.22. The van der Waals surface area contributed by atoms with E-state index in [0.717, 1.165) is 5.56 Å². The van der Waals surface area contributed by atoms with Crippen molar-refractivity contribution in [3.63, 3.8) is 0 Å². The number of ether oxygens (including phenoxy) is 3. The molecule has 9 heteroatoms. The van der Waals surface area contributed by atoms with Crippen LogP contribution >= 0.6 is 0 Å². The first-order valence-corrected chi connectivity index (χ1v) is 10.9. The zero-order valence-corrected chi connectivity index (χ0v) is 18.3. The summed E-state index contributed by atoms with van der Waals surface area (Å²) in [7, 11) is 0.612. The molecule has 0 spiro atoms. The fraction of sp³-hybridized carbons (Fsp3) is 0.381. The van der Waals surface area contributed by atoms with E-state index in [4.69, 9.17) is 14.2 Å². The monoisotopic (exact) mass is 434 g/mol. The van der Waals surface area contributed by atoms with E-state index in [9.17, 15) is 13.2 Å². The summed E-state index contributed by atoms with van der Waals surface area (Å²) in [6, 6.07) is 9.51. The number of anilines is 1. The first kappa shape index (κ1) is 21.9. The molecule has 1 heterocycles. The van der Waals surface area contributed by atoms with E-state index in [1.54, 1.807) is 32.4 Å².